The molecule has 0 saturated carbocycles. The zero-order valence-electron chi connectivity index (χ0n) is 10.5. The second-order valence-electron chi connectivity index (χ2n) is 4.62. The summed E-state index contributed by atoms with van der Waals surface area (Å²) in [6.07, 6.45) is 1.72. The molecule has 0 spiro atoms. The Kier molecular flexibility index (Phi) is 2.73. The molecule has 0 N–H and O–H groups in total. The van der Waals surface area contributed by atoms with Crippen molar-refractivity contribution >= 4 is 0 Å². The van der Waals surface area contributed by atoms with Gasteiger partial charge in [-0.05, 0) is 25.1 Å². The van der Waals surface area contributed by atoms with Crippen molar-refractivity contribution in [3.8, 4) is 17.5 Å². The first-order chi connectivity index (χ1) is 9.23. The van der Waals surface area contributed by atoms with Gasteiger partial charge in [-0.25, -0.2) is 9.97 Å². The van der Waals surface area contributed by atoms with E-state index in [1.54, 1.807) is 6.20 Å². The van der Waals surface area contributed by atoms with E-state index in [-0.39, 0.29) is 0 Å². The summed E-state index contributed by atoms with van der Waals surface area (Å²) in [6, 6.07) is 9.79. The normalized spacial score (nSPS) is 16.4. The highest BCUT2D eigenvalue weighted by Crippen LogP contribution is 2.30. The summed E-state index contributed by atoms with van der Waals surface area (Å²) in [5.41, 5.74) is 1.65. The molecule has 0 aromatic carbocycles. The maximum Gasteiger partial charge on any atom is 0.163 e. The summed E-state index contributed by atoms with van der Waals surface area (Å²) in [5.74, 6) is 0.530. The Bertz CT molecular complexity index is 644. The molecule has 1 aliphatic heterocycles. The molecule has 1 aliphatic rings. The monoisotopic (exact) mass is 252 g/mol. The number of hydrogen-bond donors (Lipinski definition) is 0. The van der Waals surface area contributed by atoms with E-state index in [1.807, 2.05) is 31.2 Å². The van der Waals surface area contributed by atoms with Crippen LogP contribution < -0.4 is 0 Å². The van der Waals surface area contributed by atoms with E-state index in [0.29, 0.717) is 19.0 Å². The van der Waals surface area contributed by atoms with Gasteiger partial charge in [0.15, 0.2) is 11.2 Å². The lowest BCUT2D eigenvalue weighted by Gasteiger charge is -2.33. The fraction of sp³-hybridized carbons (Fsp3) is 0.286. The van der Waals surface area contributed by atoms with Gasteiger partial charge >= 0.3 is 0 Å². The molecule has 94 valence electrons. The maximum atomic E-state index is 9.32. The van der Waals surface area contributed by atoms with E-state index in [1.165, 1.54) is 0 Å². The number of ether oxygens (including phenoxy) is 1. The third kappa shape index (κ3) is 1.96. The number of nitrogens with zero attached hydrogens (tertiary/aromatic N) is 4. The summed E-state index contributed by atoms with van der Waals surface area (Å²) in [6.45, 7) is 2.60. The van der Waals surface area contributed by atoms with E-state index in [0.717, 1.165) is 17.1 Å². The van der Waals surface area contributed by atoms with Crippen LogP contribution in [0.25, 0.3) is 11.4 Å². The van der Waals surface area contributed by atoms with Crippen molar-refractivity contribution in [3.05, 3.63) is 42.0 Å². The Morgan fingerprint density at radius 2 is 2.11 bits per heavy atom. The molecule has 3 heterocycles. The van der Waals surface area contributed by atoms with Gasteiger partial charge in [-0.3, -0.25) is 4.98 Å². The van der Waals surface area contributed by atoms with Crippen molar-refractivity contribution in [3.63, 3.8) is 0 Å². The van der Waals surface area contributed by atoms with Crippen LogP contribution in [0.2, 0.25) is 0 Å². The third-order valence-electron chi connectivity index (χ3n) is 3.12. The summed E-state index contributed by atoms with van der Waals surface area (Å²) < 4.78 is 5.15. The van der Waals surface area contributed by atoms with Crippen molar-refractivity contribution in [2.75, 3.05) is 13.2 Å². The molecule has 1 fully saturated rings. The van der Waals surface area contributed by atoms with Gasteiger partial charge in [0.05, 0.1) is 30.7 Å². The van der Waals surface area contributed by atoms with Crippen LogP contribution in [0, 0.1) is 18.3 Å². The molecule has 1 saturated heterocycles. The van der Waals surface area contributed by atoms with Crippen LogP contribution in [-0.4, -0.2) is 28.2 Å². The first-order valence-corrected chi connectivity index (χ1v) is 6.00. The Hall–Kier alpha value is -2.32. The molecule has 0 radical (unpaired) electrons. The SMILES string of the molecule is Cc1cc(-c2ccccn2)nc(C2(C#N)COC2)n1. The Balaban J connectivity index is 2.09. The predicted molar refractivity (Wildman–Crippen MR) is 68.1 cm³/mol. The van der Waals surface area contributed by atoms with Crippen molar-refractivity contribution in [2.24, 2.45) is 0 Å². The van der Waals surface area contributed by atoms with Crippen molar-refractivity contribution in [1.82, 2.24) is 15.0 Å². The molecule has 5 nitrogen and oxygen atoms in total. The lowest BCUT2D eigenvalue weighted by Crippen LogP contribution is -2.47. The summed E-state index contributed by atoms with van der Waals surface area (Å²) >= 11 is 0. The van der Waals surface area contributed by atoms with Crippen LogP contribution in [0.5, 0.6) is 0 Å². The molecule has 2 aromatic rings. The first kappa shape index (κ1) is 11.8. The average Bonchev–Trinajstić information content (AvgIpc) is 2.39. The van der Waals surface area contributed by atoms with E-state index in [9.17, 15) is 5.26 Å². The minimum absolute atomic E-state index is 0.356. The lowest BCUT2D eigenvalue weighted by molar-refractivity contribution is -0.0339. The summed E-state index contributed by atoms with van der Waals surface area (Å²) in [7, 11) is 0. The zero-order valence-corrected chi connectivity index (χ0v) is 10.5. The van der Waals surface area contributed by atoms with Crippen LogP contribution in [0.4, 0.5) is 0 Å². The number of nitriles is 1. The van der Waals surface area contributed by atoms with Crippen LogP contribution in [0.1, 0.15) is 11.5 Å². The molecule has 3 rings (SSSR count). The molecular formula is C14H12N4O. The lowest BCUT2D eigenvalue weighted by atomic mass is 9.86. The number of aryl methyl sites for hydroxylation is 1. The van der Waals surface area contributed by atoms with Crippen molar-refractivity contribution < 1.29 is 4.74 Å². The Labute approximate surface area is 110 Å². The van der Waals surface area contributed by atoms with E-state index >= 15 is 0 Å². The number of hydrogen-bond acceptors (Lipinski definition) is 5. The first-order valence-electron chi connectivity index (χ1n) is 6.00. The highest BCUT2D eigenvalue weighted by atomic mass is 16.5. The quantitative estimate of drug-likeness (QED) is 0.812. The number of aromatic nitrogens is 3. The highest BCUT2D eigenvalue weighted by molar-refractivity contribution is 5.54. The van der Waals surface area contributed by atoms with Crippen LogP contribution in [0.3, 0.4) is 0 Å². The smallest absolute Gasteiger partial charge is 0.163 e. The van der Waals surface area contributed by atoms with E-state index < -0.39 is 5.41 Å². The largest absolute Gasteiger partial charge is 0.377 e. The molecule has 0 bridgehead atoms. The molecule has 19 heavy (non-hydrogen) atoms. The molecule has 5 heteroatoms. The molecule has 0 amide bonds. The van der Waals surface area contributed by atoms with Crippen molar-refractivity contribution in [1.29, 1.82) is 5.26 Å². The number of rotatable bonds is 2. The molecule has 0 unspecified atom stereocenters. The fourth-order valence-electron chi connectivity index (χ4n) is 1.98. The van der Waals surface area contributed by atoms with Crippen molar-refractivity contribution in [2.45, 2.75) is 12.3 Å². The molecule has 2 aromatic heterocycles. The second-order valence-corrected chi connectivity index (χ2v) is 4.62. The molecule has 0 aliphatic carbocycles. The maximum absolute atomic E-state index is 9.32. The van der Waals surface area contributed by atoms with Crippen LogP contribution in [0.15, 0.2) is 30.5 Å². The Morgan fingerprint density at radius 1 is 1.26 bits per heavy atom. The van der Waals surface area contributed by atoms with Gasteiger partial charge in [-0.2, -0.15) is 5.26 Å². The van der Waals surface area contributed by atoms with Gasteiger partial charge in [0.1, 0.15) is 0 Å². The minimum atomic E-state index is -0.699. The predicted octanol–water partition coefficient (Wildman–Crippen LogP) is 1.64. The van der Waals surface area contributed by atoms with Crippen LogP contribution in [-0.2, 0) is 10.2 Å². The topological polar surface area (TPSA) is 71.7 Å². The second kappa shape index (κ2) is 4.41. The van der Waals surface area contributed by atoms with Gasteiger partial charge in [0.25, 0.3) is 0 Å². The van der Waals surface area contributed by atoms with Gasteiger partial charge in [0, 0.05) is 11.9 Å². The van der Waals surface area contributed by atoms with E-state index in [4.69, 9.17) is 4.74 Å². The average molecular weight is 252 g/mol. The molecule has 0 atom stereocenters. The third-order valence-corrected chi connectivity index (χ3v) is 3.12. The zero-order chi connectivity index (χ0) is 13.3. The fourth-order valence-corrected chi connectivity index (χ4v) is 1.98. The summed E-state index contributed by atoms with van der Waals surface area (Å²) in [5, 5.41) is 9.32. The van der Waals surface area contributed by atoms with Gasteiger partial charge < -0.3 is 4.74 Å². The summed E-state index contributed by atoms with van der Waals surface area (Å²) in [4.78, 5) is 13.2. The van der Waals surface area contributed by atoms with E-state index in [2.05, 4.69) is 21.0 Å². The standard InChI is InChI=1S/C14H12N4O/c1-10-6-12(11-4-2-3-5-16-11)18-13(17-10)14(7-15)8-19-9-14/h2-6H,8-9H2,1H3. The Morgan fingerprint density at radius 3 is 2.68 bits per heavy atom. The van der Waals surface area contributed by atoms with Gasteiger partial charge in [0.2, 0.25) is 0 Å². The number of pyridine rings is 1. The van der Waals surface area contributed by atoms with Gasteiger partial charge in [-0.15, -0.1) is 0 Å². The van der Waals surface area contributed by atoms with Crippen LogP contribution >= 0.6 is 0 Å². The van der Waals surface area contributed by atoms with Gasteiger partial charge in [-0.1, -0.05) is 6.07 Å². The minimum Gasteiger partial charge on any atom is -0.377 e. The highest BCUT2D eigenvalue weighted by Gasteiger charge is 2.44. The molecular weight excluding hydrogens is 240 g/mol.